The number of nitrogens with two attached hydrogens (primary N) is 1. The van der Waals surface area contributed by atoms with Crippen LogP contribution in [0.1, 0.15) is 59.7 Å². The Balaban J connectivity index is 1.46. The lowest BCUT2D eigenvalue weighted by Gasteiger charge is -2.28. The number of thiophene rings is 1. The van der Waals surface area contributed by atoms with E-state index in [-0.39, 0.29) is 5.54 Å². The van der Waals surface area contributed by atoms with Crippen molar-refractivity contribution >= 4 is 28.5 Å². The molecule has 0 bridgehead atoms. The van der Waals surface area contributed by atoms with Gasteiger partial charge in [-0.15, -0.1) is 11.3 Å². The Kier molecular flexibility index (Phi) is 6.16. The average molecular weight is 387 g/mol. The number of hydrogen-bond donors (Lipinski definition) is 1. The third-order valence-electron chi connectivity index (χ3n) is 5.55. The van der Waals surface area contributed by atoms with Crippen molar-refractivity contribution in [1.82, 2.24) is 4.90 Å². The van der Waals surface area contributed by atoms with Crippen molar-refractivity contribution < 1.29 is 0 Å². The number of fused-ring (bicyclic) bond motifs is 1. The summed E-state index contributed by atoms with van der Waals surface area (Å²) < 4.78 is 0. The van der Waals surface area contributed by atoms with Gasteiger partial charge in [-0.1, -0.05) is 30.8 Å². The minimum absolute atomic E-state index is 0.119. The largest absolute Gasteiger partial charge is 0.358 e. The summed E-state index contributed by atoms with van der Waals surface area (Å²) >= 11 is 7.58. The van der Waals surface area contributed by atoms with Gasteiger partial charge >= 0.3 is 0 Å². The van der Waals surface area contributed by atoms with E-state index >= 15 is 0 Å². The van der Waals surface area contributed by atoms with Gasteiger partial charge in [-0.05, 0) is 80.7 Å². The van der Waals surface area contributed by atoms with E-state index in [9.17, 15) is 0 Å². The minimum atomic E-state index is -0.119. The van der Waals surface area contributed by atoms with Crippen LogP contribution in [0.2, 0.25) is 0 Å². The fourth-order valence-electron chi connectivity index (χ4n) is 3.63. The smallest absolute Gasteiger partial charge is 0.109 e. The summed E-state index contributed by atoms with van der Waals surface area (Å²) in [5.41, 5.74) is 11.8. The standard InChI is InChI=1S/C22H30N2S2/c1-16-13-18-15-24(21(25)20(18)14-17(16)2)11-10-22(3,23)9-5-4-7-19-8-6-12-26-19/h6,8,12-14H,4-5,7,9-11,15,23H2,1-3H3. The predicted octanol–water partition coefficient (Wildman–Crippen LogP) is 5.38. The zero-order valence-corrected chi connectivity index (χ0v) is 17.8. The van der Waals surface area contributed by atoms with Crippen LogP contribution in [0.4, 0.5) is 0 Å². The quantitative estimate of drug-likeness (QED) is 0.488. The number of benzene rings is 1. The second-order valence-electron chi connectivity index (χ2n) is 8.01. The van der Waals surface area contributed by atoms with Crippen LogP contribution in [0.25, 0.3) is 0 Å². The van der Waals surface area contributed by atoms with Crippen molar-refractivity contribution in [3.63, 3.8) is 0 Å². The van der Waals surface area contributed by atoms with E-state index in [2.05, 4.69) is 55.3 Å². The molecule has 1 unspecified atom stereocenters. The van der Waals surface area contributed by atoms with Crippen LogP contribution in [0, 0.1) is 13.8 Å². The Hall–Kier alpha value is -1.23. The molecule has 0 spiro atoms. The van der Waals surface area contributed by atoms with E-state index in [0.717, 1.165) is 30.9 Å². The van der Waals surface area contributed by atoms with Gasteiger partial charge in [-0.2, -0.15) is 0 Å². The van der Waals surface area contributed by atoms with Crippen LogP contribution in [0.15, 0.2) is 29.6 Å². The Labute approximate surface area is 167 Å². The molecule has 2 aromatic rings. The van der Waals surface area contributed by atoms with Gasteiger partial charge in [0.2, 0.25) is 0 Å². The van der Waals surface area contributed by atoms with Crippen LogP contribution in [-0.4, -0.2) is 22.0 Å². The fourth-order valence-corrected chi connectivity index (χ4v) is 4.73. The Morgan fingerprint density at radius 2 is 1.96 bits per heavy atom. The SMILES string of the molecule is Cc1cc2c(cc1C)C(=S)N(CCC(C)(N)CCCCc1cccs1)C2. The van der Waals surface area contributed by atoms with Gasteiger partial charge in [0, 0.05) is 29.1 Å². The first kappa shape index (κ1) is 19.5. The van der Waals surface area contributed by atoms with Gasteiger partial charge in [0.1, 0.15) is 4.99 Å². The highest BCUT2D eigenvalue weighted by molar-refractivity contribution is 7.80. The number of nitrogens with zero attached hydrogens (tertiary/aromatic N) is 1. The normalized spacial score (nSPS) is 16.0. The molecule has 2 N–H and O–H groups in total. The summed E-state index contributed by atoms with van der Waals surface area (Å²) in [5, 5.41) is 2.16. The molecule has 0 saturated carbocycles. The first-order chi connectivity index (χ1) is 12.4. The molecule has 0 aliphatic carbocycles. The van der Waals surface area contributed by atoms with Gasteiger partial charge in [-0.3, -0.25) is 0 Å². The highest BCUT2D eigenvalue weighted by Gasteiger charge is 2.27. The molecule has 1 aliphatic heterocycles. The van der Waals surface area contributed by atoms with Gasteiger partial charge in [0.05, 0.1) is 0 Å². The molecule has 1 atom stereocenters. The molecule has 1 aromatic carbocycles. The number of unbranched alkanes of at least 4 members (excludes halogenated alkanes) is 1. The molecule has 1 aromatic heterocycles. The van der Waals surface area contributed by atoms with Gasteiger partial charge in [-0.25, -0.2) is 0 Å². The maximum atomic E-state index is 6.59. The van der Waals surface area contributed by atoms with Crippen molar-refractivity contribution in [2.45, 2.75) is 65.0 Å². The predicted molar refractivity (Wildman–Crippen MR) is 117 cm³/mol. The Morgan fingerprint density at radius 1 is 1.19 bits per heavy atom. The zero-order chi connectivity index (χ0) is 18.7. The Morgan fingerprint density at radius 3 is 2.69 bits per heavy atom. The molecule has 140 valence electrons. The summed E-state index contributed by atoms with van der Waals surface area (Å²) in [6, 6.07) is 8.90. The van der Waals surface area contributed by atoms with E-state index in [1.807, 2.05) is 11.3 Å². The van der Waals surface area contributed by atoms with Crippen molar-refractivity contribution in [1.29, 1.82) is 0 Å². The van der Waals surface area contributed by atoms with Crippen molar-refractivity contribution in [3.05, 3.63) is 56.8 Å². The molecule has 2 heterocycles. The first-order valence-corrected chi connectivity index (χ1v) is 10.9. The monoisotopic (exact) mass is 386 g/mol. The number of thiocarbonyl (C=S) groups is 1. The first-order valence-electron chi connectivity index (χ1n) is 9.56. The van der Waals surface area contributed by atoms with Gasteiger partial charge in [0.25, 0.3) is 0 Å². The molecule has 2 nitrogen and oxygen atoms in total. The lowest BCUT2D eigenvalue weighted by atomic mass is 9.91. The van der Waals surface area contributed by atoms with Crippen LogP contribution in [0.3, 0.4) is 0 Å². The summed E-state index contributed by atoms with van der Waals surface area (Å²) in [4.78, 5) is 4.81. The van der Waals surface area contributed by atoms with Crippen molar-refractivity contribution in [3.8, 4) is 0 Å². The molecule has 26 heavy (non-hydrogen) atoms. The number of hydrogen-bond acceptors (Lipinski definition) is 3. The van der Waals surface area contributed by atoms with Crippen LogP contribution < -0.4 is 5.73 Å². The maximum absolute atomic E-state index is 6.59. The van der Waals surface area contributed by atoms with E-state index in [4.69, 9.17) is 18.0 Å². The van der Waals surface area contributed by atoms with Crippen LogP contribution >= 0.6 is 23.6 Å². The summed E-state index contributed by atoms with van der Waals surface area (Å²) in [5.74, 6) is 0. The van der Waals surface area contributed by atoms with E-state index < -0.39 is 0 Å². The molecule has 0 radical (unpaired) electrons. The van der Waals surface area contributed by atoms with Crippen LogP contribution in [0.5, 0.6) is 0 Å². The summed E-state index contributed by atoms with van der Waals surface area (Å²) in [6.45, 7) is 8.41. The topological polar surface area (TPSA) is 29.3 Å². The summed E-state index contributed by atoms with van der Waals surface area (Å²) in [7, 11) is 0. The third-order valence-corrected chi connectivity index (χ3v) is 6.97. The second-order valence-corrected chi connectivity index (χ2v) is 9.43. The van der Waals surface area contributed by atoms with Crippen molar-refractivity contribution in [2.24, 2.45) is 5.73 Å². The molecule has 0 fully saturated rings. The molecular weight excluding hydrogens is 356 g/mol. The third kappa shape index (κ3) is 4.73. The molecule has 3 rings (SSSR count). The fraction of sp³-hybridized carbons (Fsp3) is 0.500. The van der Waals surface area contributed by atoms with Gasteiger partial charge < -0.3 is 10.6 Å². The maximum Gasteiger partial charge on any atom is 0.109 e. The molecule has 0 amide bonds. The zero-order valence-electron chi connectivity index (χ0n) is 16.2. The Bertz CT molecular complexity index is 763. The average Bonchev–Trinajstić information content (AvgIpc) is 3.20. The molecule has 0 saturated heterocycles. The minimum Gasteiger partial charge on any atom is -0.358 e. The lowest BCUT2D eigenvalue weighted by Crippen LogP contribution is -2.40. The number of aryl methyl sites for hydroxylation is 3. The highest BCUT2D eigenvalue weighted by atomic mass is 32.1. The second kappa shape index (κ2) is 8.20. The lowest BCUT2D eigenvalue weighted by molar-refractivity contribution is 0.323. The number of rotatable bonds is 8. The van der Waals surface area contributed by atoms with Gasteiger partial charge in [0.15, 0.2) is 0 Å². The van der Waals surface area contributed by atoms with E-state index in [1.165, 1.54) is 46.4 Å². The van der Waals surface area contributed by atoms with E-state index in [1.54, 1.807) is 0 Å². The molecule has 1 aliphatic rings. The van der Waals surface area contributed by atoms with E-state index in [0.29, 0.717) is 0 Å². The van der Waals surface area contributed by atoms with Crippen LogP contribution in [-0.2, 0) is 13.0 Å². The van der Waals surface area contributed by atoms with Crippen molar-refractivity contribution in [2.75, 3.05) is 6.54 Å². The molecular formula is C22H30N2S2. The highest BCUT2D eigenvalue weighted by Crippen LogP contribution is 2.28. The molecule has 4 heteroatoms. The summed E-state index contributed by atoms with van der Waals surface area (Å²) in [6.07, 6.45) is 5.65.